The van der Waals surface area contributed by atoms with Gasteiger partial charge in [0.2, 0.25) is 0 Å². The summed E-state index contributed by atoms with van der Waals surface area (Å²) in [4.78, 5) is 6.46. The lowest BCUT2D eigenvalue weighted by Crippen LogP contribution is -2.58. The Kier molecular flexibility index (Phi) is 4.56. The van der Waals surface area contributed by atoms with Crippen LogP contribution in [0.4, 0.5) is 0 Å². The molecule has 0 spiro atoms. The van der Waals surface area contributed by atoms with Gasteiger partial charge in [0.1, 0.15) is 0 Å². The van der Waals surface area contributed by atoms with Gasteiger partial charge in [0.25, 0.3) is 0 Å². The SMILES string of the molecule is COCCN1C(N)=NCC1(COC)C(C)C. The van der Waals surface area contributed by atoms with Gasteiger partial charge in [0.15, 0.2) is 5.96 Å². The Balaban J connectivity index is 2.82. The number of rotatable bonds is 6. The van der Waals surface area contributed by atoms with Crippen LogP contribution in [0.2, 0.25) is 0 Å². The number of hydrogen-bond acceptors (Lipinski definition) is 5. The van der Waals surface area contributed by atoms with Crippen LogP contribution in [0.15, 0.2) is 4.99 Å². The molecular formula is C11H23N3O2. The van der Waals surface area contributed by atoms with Gasteiger partial charge in [-0.3, -0.25) is 4.99 Å². The Bertz CT molecular complexity index is 256. The van der Waals surface area contributed by atoms with Crippen LogP contribution < -0.4 is 5.73 Å². The van der Waals surface area contributed by atoms with Gasteiger partial charge in [-0.1, -0.05) is 13.8 Å². The first kappa shape index (κ1) is 13.3. The van der Waals surface area contributed by atoms with Crippen molar-refractivity contribution in [1.82, 2.24) is 4.90 Å². The highest BCUT2D eigenvalue weighted by molar-refractivity contribution is 5.81. The summed E-state index contributed by atoms with van der Waals surface area (Å²) in [7, 11) is 3.41. The van der Waals surface area contributed by atoms with E-state index in [1.165, 1.54) is 0 Å². The van der Waals surface area contributed by atoms with Crippen molar-refractivity contribution in [3.63, 3.8) is 0 Å². The monoisotopic (exact) mass is 229 g/mol. The molecule has 0 saturated carbocycles. The number of aliphatic imine (C=N–C) groups is 1. The Morgan fingerprint density at radius 2 is 2.12 bits per heavy atom. The van der Waals surface area contributed by atoms with Crippen molar-refractivity contribution in [2.45, 2.75) is 19.4 Å². The number of nitrogens with zero attached hydrogens (tertiary/aromatic N) is 2. The van der Waals surface area contributed by atoms with E-state index in [1.54, 1.807) is 14.2 Å². The van der Waals surface area contributed by atoms with Crippen molar-refractivity contribution < 1.29 is 9.47 Å². The molecule has 1 aliphatic rings. The summed E-state index contributed by atoms with van der Waals surface area (Å²) >= 11 is 0. The fourth-order valence-electron chi connectivity index (χ4n) is 2.17. The molecule has 0 amide bonds. The summed E-state index contributed by atoms with van der Waals surface area (Å²) in [5.41, 5.74) is 5.81. The maximum absolute atomic E-state index is 5.93. The lowest BCUT2D eigenvalue weighted by Gasteiger charge is -2.41. The van der Waals surface area contributed by atoms with Gasteiger partial charge in [-0.05, 0) is 5.92 Å². The van der Waals surface area contributed by atoms with E-state index >= 15 is 0 Å². The normalized spacial score (nSPS) is 25.3. The van der Waals surface area contributed by atoms with Gasteiger partial charge in [0, 0.05) is 20.8 Å². The zero-order chi connectivity index (χ0) is 12.2. The molecule has 94 valence electrons. The molecule has 1 rings (SSSR count). The van der Waals surface area contributed by atoms with Crippen LogP contribution in [0.5, 0.6) is 0 Å². The number of guanidine groups is 1. The zero-order valence-electron chi connectivity index (χ0n) is 10.7. The number of hydrogen-bond donors (Lipinski definition) is 1. The van der Waals surface area contributed by atoms with Gasteiger partial charge in [-0.25, -0.2) is 0 Å². The molecule has 0 bridgehead atoms. The summed E-state index contributed by atoms with van der Waals surface area (Å²) in [6.07, 6.45) is 0. The fourth-order valence-corrected chi connectivity index (χ4v) is 2.17. The van der Waals surface area contributed by atoms with E-state index < -0.39 is 0 Å². The predicted molar refractivity (Wildman–Crippen MR) is 64.5 cm³/mol. The van der Waals surface area contributed by atoms with Gasteiger partial charge < -0.3 is 20.1 Å². The summed E-state index contributed by atoms with van der Waals surface area (Å²) in [5.74, 6) is 1.02. The van der Waals surface area contributed by atoms with E-state index in [-0.39, 0.29) is 5.54 Å². The molecule has 1 unspecified atom stereocenters. The Morgan fingerprint density at radius 3 is 2.62 bits per heavy atom. The largest absolute Gasteiger partial charge is 0.383 e. The van der Waals surface area contributed by atoms with Crippen LogP contribution in [0.3, 0.4) is 0 Å². The summed E-state index contributed by atoms with van der Waals surface area (Å²) in [6.45, 7) is 7.09. The molecule has 5 nitrogen and oxygen atoms in total. The van der Waals surface area contributed by atoms with Gasteiger partial charge in [0.05, 0.1) is 25.3 Å². The van der Waals surface area contributed by atoms with Crippen LogP contribution in [-0.2, 0) is 9.47 Å². The molecule has 0 aromatic rings. The molecule has 0 saturated heterocycles. The average Bonchev–Trinajstić information content (AvgIpc) is 2.55. The minimum atomic E-state index is -0.114. The van der Waals surface area contributed by atoms with Gasteiger partial charge in [-0.15, -0.1) is 0 Å². The molecule has 0 aromatic heterocycles. The molecule has 16 heavy (non-hydrogen) atoms. The second-order valence-electron chi connectivity index (χ2n) is 4.51. The van der Waals surface area contributed by atoms with Crippen LogP contribution >= 0.6 is 0 Å². The lowest BCUT2D eigenvalue weighted by molar-refractivity contribution is 0.0234. The van der Waals surface area contributed by atoms with E-state index in [9.17, 15) is 0 Å². The molecule has 0 radical (unpaired) electrons. The molecule has 0 aliphatic carbocycles. The molecule has 0 fully saturated rings. The molecular weight excluding hydrogens is 206 g/mol. The Hall–Kier alpha value is -0.810. The van der Waals surface area contributed by atoms with Crippen LogP contribution in [0.1, 0.15) is 13.8 Å². The first-order valence-electron chi connectivity index (χ1n) is 5.64. The second-order valence-corrected chi connectivity index (χ2v) is 4.51. The third-order valence-corrected chi connectivity index (χ3v) is 3.32. The lowest BCUT2D eigenvalue weighted by atomic mass is 9.86. The average molecular weight is 229 g/mol. The first-order chi connectivity index (χ1) is 7.58. The van der Waals surface area contributed by atoms with Crippen LogP contribution in [-0.4, -0.2) is 56.9 Å². The highest BCUT2D eigenvalue weighted by Gasteiger charge is 2.44. The molecule has 5 heteroatoms. The maximum atomic E-state index is 5.93. The fraction of sp³-hybridized carbons (Fsp3) is 0.909. The molecule has 1 heterocycles. The molecule has 1 atom stereocenters. The summed E-state index contributed by atoms with van der Waals surface area (Å²) in [6, 6.07) is 0. The van der Waals surface area contributed by atoms with E-state index in [0.717, 1.165) is 6.54 Å². The van der Waals surface area contributed by atoms with Crippen molar-refractivity contribution in [2.24, 2.45) is 16.6 Å². The van der Waals surface area contributed by atoms with E-state index in [4.69, 9.17) is 15.2 Å². The summed E-state index contributed by atoms with van der Waals surface area (Å²) in [5, 5.41) is 0. The number of ether oxygens (including phenoxy) is 2. The third kappa shape index (κ3) is 2.30. The van der Waals surface area contributed by atoms with Crippen LogP contribution in [0, 0.1) is 5.92 Å². The van der Waals surface area contributed by atoms with Crippen molar-refractivity contribution >= 4 is 5.96 Å². The third-order valence-electron chi connectivity index (χ3n) is 3.32. The van der Waals surface area contributed by atoms with E-state index in [2.05, 4.69) is 23.7 Å². The first-order valence-corrected chi connectivity index (χ1v) is 5.64. The second kappa shape index (κ2) is 5.50. The predicted octanol–water partition coefficient (Wildman–Crippen LogP) is 0.304. The van der Waals surface area contributed by atoms with Crippen molar-refractivity contribution in [3.8, 4) is 0 Å². The van der Waals surface area contributed by atoms with Gasteiger partial charge in [-0.2, -0.15) is 0 Å². The van der Waals surface area contributed by atoms with Crippen LogP contribution in [0.25, 0.3) is 0 Å². The van der Waals surface area contributed by atoms with E-state index in [1.807, 2.05) is 0 Å². The molecule has 2 N–H and O–H groups in total. The van der Waals surface area contributed by atoms with Crippen molar-refractivity contribution in [2.75, 3.05) is 40.5 Å². The zero-order valence-corrected chi connectivity index (χ0v) is 10.7. The highest BCUT2D eigenvalue weighted by atomic mass is 16.5. The van der Waals surface area contributed by atoms with Gasteiger partial charge >= 0.3 is 0 Å². The Labute approximate surface area is 97.6 Å². The van der Waals surface area contributed by atoms with Crippen molar-refractivity contribution in [1.29, 1.82) is 0 Å². The minimum Gasteiger partial charge on any atom is -0.383 e. The summed E-state index contributed by atoms with van der Waals surface area (Å²) < 4.78 is 10.4. The molecule has 1 aliphatic heterocycles. The van der Waals surface area contributed by atoms with E-state index in [0.29, 0.717) is 31.6 Å². The smallest absolute Gasteiger partial charge is 0.192 e. The number of nitrogens with two attached hydrogens (primary N) is 1. The van der Waals surface area contributed by atoms with Crippen molar-refractivity contribution in [3.05, 3.63) is 0 Å². The molecule has 0 aromatic carbocycles. The Morgan fingerprint density at radius 1 is 1.44 bits per heavy atom. The minimum absolute atomic E-state index is 0.114. The number of methoxy groups -OCH3 is 2. The standard InChI is InChI=1S/C11H23N3O2/c1-9(2)11(8-16-4)7-13-10(12)14(11)5-6-15-3/h9H,5-8H2,1-4H3,(H2,12,13). The topological polar surface area (TPSA) is 60.1 Å². The maximum Gasteiger partial charge on any atom is 0.192 e. The quantitative estimate of drug-likeness (QED) is 0.712. The highest BCUT2D eigenvalue weighted by Crippen LogP contribution is 2.29.